The van der Waals surface area contributed by atoms with Crippen LogP contribution in [0, 0.1) is 0 Å². The third kappa shape index (κ3) is 3.09. The summed E-state index contributed by atoms with van der Waals surface area (Å²) in [7, 11) is 0. The van der Waals surface area contributed by atoms with E-state index in [1.54, 1.807) is 23.7 Å². The fourth-order valence-electron chi connectivity index (χ4n) is 2.96. The maximum Gasteiger partial charge on any atom is 0.245 e. The fourth-order valence-corrected chi connectivity index (χ4v) is 3.96. The molecule has 0 N–H and O–H groups in total. The van der Waals surface area contributed by atoms with Crippen molar-refractivity contribution in [2.45, 2.75) is 51.9 Å². The lowest BCUT2D eigenvalue weighted by molar-refractivity contribution is 0.393. The average molecular weight is 366 g/mol. The highest BCUT2D eigenvalue weighted by molar-refractivity contribution is 7.18. The van der Waals surface area contributed by atoms with Gasteiger partial charge < -0.3 is 4.42 Å². The molecule has 0 aliphatic rings. The summed E-state index contributed by atoms with van der Waals surface area (Å²) in [5.74, 6) is 0.862. The summed E-state index contributed by atoms with van der Waals surface area (Å²) in [6, 6.07) is 4.13. The Balaban J connectivity index is 1.66. The molecule has 0 saturated heterocycles. The summed E-state index contributed by atoms with van der Waals surface area (Å²) >= 11 is 1.72. The normalized spacial score (nSPS) is 13.0. The number of rotatable bonds is 3. The summed E-state index contributed by atoms with van der Waals surface area (Å²) in [6.07, 6.45) is 5.94. The second-order valence-electron chi connectivity index (χ2n) is 8.33. The summed E-state index contributed by atoms with van der Waals surface area (Å²) in [6.45, 7) is 10.9. The van der Waals surface area contributed by atoms with Crippen LogP contribution < -0.4 is 0 Å². The minimum atomic E-state index is -0.229. The van der Waals surface area contributed by atoms with Crippen LogP contribution in [0.5, 0.6) is 0 Å². The predicted octanol–water partition coefficient (Wildman–Crippen LogP) is 5.05. The minimum Gasteiger partial charge on any atom is -0.441 e. The van der Waals surface area contributed by atoms with Gasteiger partial charge in [0, 0.05) is 35.2 Å². The van der Waals surface area contributed by atoms with Crippen LogP contribution in [-0.4, -0.2) is 19.9 Å². The Morgan fingerprint density at radius 1 is 0.962 bits per heavy atom. The molecule has 0 aromatic carbocycles. The van der Waals surface area contributed by atoms with Gasteiger partial charge in [-0.1, -0.05) is 34.6 Å². The van der Waals surface area contributed by atoms with Crippen LogP contribution in [-0.2, 0) is 17.3 Å². The van der Waals surface area contributed by atoms with Gasteiger partial charge in [-0.25, -0.2) is 19.9 Å². The molecule has 6 heteroatoms. The van der Waals surface area contributed by atoms with Crippen molar-refractivity contribution in [3.8, 4) is 0 Å². The molecular formula is C20H22N4OS. The van der Waals surface area contributed by atoms with Gasteiger partial charge >= 0.3 is 0 Å². The van der Waals surface area contributed by atoms with E-state index in [4.69, 9.17) is 9.40 Å². The Morgan fingerprint density at radius 2 is 1.73 bits per heavy atom. The van der Waals surface area contributed by atoms with E-state index in [0.29, 0.717) is 5.71 Å². The van der Waals surface area contributed by atoms with Gasteiger partial charge in [-0.05, 0) is 11.5 Å². The molecule has 0 unspecified atom stereocenters. The highest BCUT2D eigenvalue weighted by atomic mass is 32.1. The first-order valence-corrected chi connectivity index (χ1v) is 9.51. The highest BCUT2D eigenvalue weighted by Gasteiger charge is 2.27. The summed E-state index contributed by atoms with van der Waals surface area (Å²) in [5, 5.41) is 0. The van der Waals surface area contributed by atoms with Crippen LogP contribution in [0.4, 0.5) is 0 Å². The number of furan rings is 1. The first-order valence-electron chi connectivity index (χ1n) is 8.69. The number of fused-ring (bicyclic) bond motifs is 2. The molecule has 134 valence electrons. The molecule has 0 bridgehead atoms. The second kappa shape index (κ2) is 5.84. The van der Waals surface area contributed by atoms with E-state index in [1.807, 2.05) is 12.3 Å². The molecule has 0 spiro atoms. The molecule has 0 aliphatic heterocycles. The lowest BCUT2D eigenvalue weighted by Crippen LogP contribution is -2.20. The van der Waals surface area contributed by atoms with Crippen molar-refractivity contribution < 1.29 is 4.42 Å². The van der Waals surface area contributed by atoms with Crippen molar-refractivity contribution in [1.82, 2.24) is 19.9 Å². The van der Waals surface area contributed by atoms with Gasteiger partial charge in [-0.3, -0.25) is 0 Å². The molecule has 4 rings (SSSR count). The summed E-state index contributed by atoms with van der Waals surface area (Å²) in [5.41, 5.74) is 3.17. The number of hydrogen-bond acceptors (Lipinski definition) is 6. The van der Waals surface area contributed by atoms with Gasteiger partial charge in [0.25, 0.3) is 0 Å². The molecule has 4 heterocycles. The lowest BCUT2D eigenvalue weighted by atomic mass is 9.85. The van der Waals surface area contributed by atoms with Gasteiger partial charge in [0.15, 0.2) is 0 Å². The Bertz CT molecular complexity index is 1060. The standard InChI is InChI=1S/C20H22N4OS/c1-19(2,3)16-9-14-18(26-16)23-11-12(24-14)10-20(4,5)15-8-13-17(25-15)22-7-6-21-13/h6-9,11H,10H2,1-5H3. The third-order valence-corrected chi connectivity index (χ3v) is 5.94. The number of nitrogens with zero attached hydrogens (tertiary/aromatic N) is 4. The fraction of sp³-hybridized carbons (Fsp3) is 0.400. The van der Waals surface area contributed by atoms with E-state index < -0.39 is 0 Å². The zero-order chi connectivity index (χ0) is 18.5. The number of aromatic nitrogens is 4. The molecule has 4 aromatic heterocycles. The van der Waals surface area contributed by atoms with Crippen molar-refractivity contribution in [1.29, 1.82) is 0 Å². The van der Waals surface area contributed by atoms with Crippen molar-refractivity contribution in [3.63, 3.8) is 0 Å². The Labute approximate surface area is 156 Å². The molecule has 0 aliphatic carbocycles. The van der Waals surface area contributed by atoms with Gasteiger partial charge in [0.2, 0.25) is 5.71 Å². The van der Waals surface area contributed by atoms with E-state index in [2.05, 4.69) is 55.6 Å². The maximum absolute atomic E-state index is 5.92. The monoisotopic (exact) mass is 366 g/mol. The lowest BCUT2D eigenvalue weighted by Gasteiger charge is -2.21. The Kier molecular flexibility index (Phi) is 3.84. The van der Waals surface area contributed by atoms with E-state index in [-0.39, 0.29) is 10.8 Å². The van der Waals surface area contributed by atoms with Gasteiger partial charge in [0.1, 0.15) is 21.6 Å². The predicted molar refractivity (Wildman–Crippen MR) is 105 cm³/mol. The molecule has 5 nitrogen and oxygen atoms in total. The molecule has 26 heavy (non-hydrogen) atoms. The topological polar surface area (TPSA) is 64.7 Å². The quantitative estimate of drug-likeness (QED) is 0.508. The Morgan fingerprint density at radius 3 is 2.46 bits per heavy atom. The summed E-state index contributed by atoms with van der Waals surface area (Å²) in [4.78, 5) is 20.3. The SMILES string of the molecule is CC(C)(C)c1cc2nc(CC(C)(C)c3cc4nccnc4o3)cnc2s1. The van der Waals surface area contributed by atoms with Gasteiger partial charge in [-0.15, -0.1) is 11.3 Å². The molecule has 4 aromatic rings. The average Bonchev–Trinajstić information content (AvgIpc) is 3.18. The van der Waals surface area contributed by atoms with Crippen molar-refractivity contribution in [2.24, 2.45) is 0 Å². The van der Waals surface area contributed by atoms with Crippen LogP contribution >= 0.6 is 11.3 Å². The van der Waals surface area contributed by atoms with Crippen LogP contribution in [0.1, 0.15) is 51.0 Å². The summed E-state index contributed by atoms with van der Waals surface area (Å²) < 4.78 is 5.92. The molecule has 0 radical (unpaired) electrons. The highest BCUT2D eigenvalue weighted by Crippen LogP contribution is 2.34. The van der Waals surface area contributed by atoms with Crippen LogP contribution in [0.3, 0.4) is 0 Å². The second-order valence-corrected chi connectivity index (χ2v) is 9.36. The van der Waals surface area contributed by atoms with E-state index in [0.717, 1.165) is 33.7 Å². The smallest absolute Gasteiger partial charge is 0.245 e. The van der Waals surface area contributed by atoms with Gasteiger partial charge in [0.05, 0.1) is 11.9 Å². The maximum atomic E-state index is 5.92. The molecule has 0 saturated carbocycles. The van der Waals surface area contributed by atoms with Gasteiger partial charge in [-0.2, -0.15) is 0 Å². The van der Waals surface area contributed by atoms with Crippen LogP contribution in [0.15, 0.2) is 35.1 Å². The third-order valence-electron chi connectivity index (χ3n) is 4.48. The van der Waals surface area contributed by atoms with Crippen molar-refractivity contribution in [3.05, 3.63) is 47.1 Å². The first-order chi connectivity index (χ1) is 12.2. The molecule has 0 amide bonds. The number of hydrogen-bond donors (Lipinski definition) is 0. The first kappa shape index (κ1) is 17.1. The molecular weight excluding hydrogens is 344 g/mol. The van der Waals surface area contributed by atoms with E-state index in [1.165, 1.54) is 4.88 Å². The minimum absolute atomic E-state index is 0.112. The largest absolute Gasteiger partial charge is 0.441 e. The van der Waals surface area contributed by atoms with Crippen molar-refractivity contribution in [2.75, 3.05) is 0 Å². The number of thiophene rings is 1. The van der Waals surface area contributed by atoms with Crippen LogP contribution in [0.2, 0.25) is 0 Å². The van der Waals surface area contributed by atoms with Crippen LogP contribution in [0.25, 0.3) is 21.6 Å². The zero-order valence-electron chi connectivity index (χ0n) is 15.7. The van der Waals surface area contributed by atoms with Crippen molar-refractivity contribution >= 4 is 32.9 Å². The Hall–Kier alpha value is -2.34. The van der Waals surface area contributed by atoms with E-state index >= 15 is 0 Å². The zero-order valence-corrected chi connectivity index (χ0v) is 16.5. The molecule has 0 fully saturated rings. The molecule has 0 atom stereocenters. The van der Waals surface area contributed by atoms with E-state index in [9.17, 15) is 0 Å².